The van der Waals surface area contributed by atoms with Crippen LogP contribution in [0.5, 0.6) is 0 Å². The molecular weight excluding hydrogens is 250 g/mol. The van der Waals surface area contributed by atoms with Gasteiger partial charge in [-0.1, -0.05) is 29.5 Å². The van der Waals surface area contributed by atoms with Gasteiger partial charge in [-0.25, -0.2) is 0 Å². The summed E-state index contributed by atoms with van der Waals surface area (Å²) >= 11 is 0.797. The second-order valence-corrected chi connectivity index (χ2v) is 5.18. The normalized spacial score (nSPS) is 10.2. The SMILES string of the molecule is Cc1cc(C)c(N(C)C(=O)SCC(=O)O)c(C)c1. The Balaban J connectivity index is 2.93. The summed E-state index contributed by atoms with van der Waals surface area (Å²) < 4.78 is 0. The Morgan fingerprint density at radius 3 is 2.17 bits per heavy atom. The van der Waals surface area contributed by atoms with Crippen molar-refractivity contribution >= 4 is 28.7 Å². The number of hydrogen-bond donors (Lipinski definition) is 1. The zero-order valence-corrected chi connectivity index (χ0v) is 11.8. The zero-order valence-electron chi connectivity index (χ0n) is 11.0. The van der Waals surface area contributed by atoms with Gasteiger partial charge in [-0.2, -0.15) is 0 Å². The molecule has 1 aromatic carbocycles. The maximum absolute atomic E-state index is 11.9. The summed E-state index contributed by atoms with van der Waals surface area (Å²) in [6.07, 6.45) is 0. The molecule has 4 nitrogen and oxygen atoms in total. The van der Waals surface area contributed by atoms with E-state index in [4.69, 9.17) is 5.11 Å². The van der Waals surface area contributed by atoms with E-state index in [1.165, 1.54) is 4.90 Å². The number of aliphatic carboxylic acids is 1. The third kappa shape index (κ3) is 3.50. The minimum absolute atomic E-state index is 0.215. The maximum Gasteiger partial charge on any atom is 0.314 e. The van der Waals surface area contributed by atoms with Crippen LogP contribution in [-0.2, 0) is 4.79 Å². The van der Waals surface area contributed by atoms with Crippen LogP contribution in [0, 0.1) is 20.8 Å². The predicted octanol–water partition coefficient (Wildman–Crippen LogP) is 2.99. The summed E-state index contributed by atoms with van der Waals surface area (Å²) in [5.41, 5.74) is 4.02. The summed E-state index contributed by atoms with van der Waals surface area (Å²) in [6, 6.07) is 4.02. The van der Waals surface area contributed by atoms with Gasteiger partial charge in [-0.3, -0.25) is 9.59 Å². The molecule has 5 heteroatoms. The number of carbonyl (C=O) groups is 2. The molecule has 98 valence electrons. The summed E-state index contributed by atoms with van der Waals surface area (Å²) in [5, 5.41) is 8.31. The van der Waals surface area contributed by atoms with Gasteiger partial charge < -0.3 is 10.0 Å². The molecule has 0 aliphatic rings. The molecule has 0 unspecified atom stereocenters. The Morgan fingerprint density at radius 1 is 1.22 bits per heavy atom. The van der Waals surface area contributed by atoms with Crippen molar-refractivity contribution in [3.63, 3.8) is 0 Å². The van der Waals surface area contributed by atoms with Gasteiger partial charge in [0.15, 0.2) is 0 Å². The smallest absolute Gasteiger partial charge is 0.314 e. The number of thioether (sulfide) groups is 1. The molecule has 18 heavy (non-hydrogen) atoms. The van der Waals surface area contributed by atoms with Crippen molar-refractivity contribution in [1.29, 1.82) is 0 Å². The van der Waals surface area contributed by atoms with E-state index in [1.807, 2.05) is 32.9 Å². The Kier molecular flexibility index (Phi) is 4.78. The number of carbonyl (C=O) groups excluding carboxylic acids is 1. The molecule has 0 radical (unpaired) electrons. The van der Waals surface area contributed by atoms with Crippen molar-refractivity contribution in [2.45, 2.75) is 20.8 Å². The highest BCUT2D eigenvalue weighted by atomic mass is 32.2. The van der Waals surface area contributed by atoms with Crippen LogP contribution in [0.4, 0.5) is 10.5 Å². The van der Waals surface area contributed by atoms with Gasteiger partial charge >= 0.3 is 5.97 Å². The number of benzene rings is 1. The second-order valence-electron chi connectivity index (χ2n) is 4.25. The van der Waals surface area contributed by atoms with Crippen LogP contribution < -0.4 is 4.90 Å². The highest BCUT2D eigenvalue weighted by Crippen LogP contribution is 2.27. The molecule has 0 aliphatic heterocycles. The van der Waals surface area contributed by atoms with Gasteiger partial charge in [0, 0.05) is 12.7 Å². The number of nitrogens with zero attached hydrogens (tertiary/aromatic N) is 1. The van der Waals surface area contributed by atoms with Gasteiger partial charge in [-0.05, 0) is 31.9 Å². The van der Waals surface area contributed by atoms with Gasteiger partial charge in [0.25, 0.3) is 5.24 Å². The van der Waals surface area contributed by atoms with Crippen molar-refractivity contribution in [2.75, 3.05) is 17.7 Å². The lowest BCUT2D eigenvalue weighted by Gasteiger charge is -2.21. The van der Waals surface area contributed by atoms with E-state index >= 15 is 0 Å². The number of rotatable bonds is 3. The molecule has 0 spiro atoms. The van der Waals surface area contributed by atoms with E-state index in [0.717, 1.165) is 34.1 Å². The Morgan fingerprint density at radius 2 is 1.72 bits per heavy atom. The molecular formula is C13H17NO3S. The second kappa shape index (κ2) is 5.91. The van der Waals surface area contributed by atoms with Crippen molar-refractivity contribution in [3.8, 4) is 0 Å². The fourth-order valence-electron chi connectivity index (χ4n) is 2.01. The van der Waals surface area contributed by atoms with Crippen LogP contribution in [0.3, 0.4) is 0 Å². The van der Waals surface area contributed by atoms with Crippen molar-refractivity contribution < 1.29 is 14.7 Å². The summed E-state index contributed by atoms with van der Waals surface area (Å²) in [7, 11) is 1.67. The standard InChI is InChI=1S/C13H17NO3S/c1-8-5-9(2)12(10(3)6-8)14(4)13(17)18-7-11(15)16/h5-6H,7H2,1-4H3,(H,15,16). The number of hydrogen-bond acceptors (Lipinski definition) is 3. The van der Waals surface area contributed by atoms with Crippen LogP contribution in [0.25, 0.3) is 0 Å². The highest BCUT2D eigenvalue weighted by Gasteiger charge is 2.17. The lowest BCUT2D eigenvalue weighted by Crippen LogP contribution is -2.24. The van der Waals surface area contributed by atoms with E-state index in [2.05, 4.69) is 0 Å². The van der Waals surface area contributed by atoms with Gasteiger partial charge in [-0.15, -0.1) is 0 Å². The number of anilines is 1. The minimum Gasteiger partial charge on any atom is -0.481 e. The molecule has 0 aliphatic carbocycles. The molecule has 0 saturated heterocycles. The fourth-order valence-corrected chi connectivity index (χ4v) is 2.54. The van der Waals surface area contributed by atoms with Gasteiger partial charge in [0.05, 0.1) is 0 Å². The molecule has 0 atom stereocenters. The topological polar surface area (TPSA) is 57.6 Å². The highest BCUT2D eigenvalue weighted by molar-refractivity contribution is 8.14. The number of amides is 1. The van der Waals surface area contributed by atoms with Crippen molar-refractivity contribution in [3.05, 3.63) is 28.8 Å². The first kappa shape index (κ1) is 14.6. The molecule has 0 heterocycles. The monoisotopic (exact) mass is 267 g/mol. The summed E-state index contributed by atoms with van der Waals surface area (Å²) in [5.74, 6) is -1.20. The van der Waals surface area contributed by atoms with Crippen LogP contribution in [0.15, 0.2) is 12.1 Å². The Hall–Kier alpha value is -1.49. The minimum atomic E-state index is -0.987. The predicted molar refractivity (Wildman–Crippen MR) is 74.5 cm³/mol. The summed E-state index contributed by atoms with van der Waals surface area (Å²) in [4.78, 5) is 23.8. The Bertz CT molecular complexity index is 462. The molecule has 0 fully saturated rings. The van der Waals surface area contributed by atoms with Gasteiger partial charge in [0.2, 0.25) is 0 Å². The molecule has 1 N–H and O–H groups in total. The zero-order chi connectivity index (χ0) is 13.9. The average Bonchev–Trinajstić information content (AvgIpc) is 2.24. The fraction of sp³-hybridized carbons (Fsp3) is 0.385. The van der Waals surface area contributed by atoms with E-state index in [9.17, 15) is 9.59 Å². The van der Waals surface area contributed by atoms with Crippen LogP contribution in [0.1, 0.15) is 16.7 Å². The lowest BCUT2D eigenvalue weighted by molar-refractivity contribution is -0.133. The number of carboxylic acid groups (broad SMARTS) is 1. The van der Waals surface area contributed by atoms with Crippen LogP contribution >= 0.6 is 11.8 Å². The first-order valence-corrected chi connectivity index (χ1v) is 6.51. The molecule has 0 bridgehead atoms. The van der Waals surface area contributed by atoms with E-state index in [-0.39, 0.29) is 11.0 Å². The largest absolute Gasteiger partial charge is 0.481 e. The quantitative estimate of drug-likeness (QED) is 0.914. The van der Waals surface area contributed by atoms with Crippen molar-refractivity contribution in [1.82, 2.24) is 0 Å². The van der Waals surface area contributed by atoms with E-state index in [1.54, 1.807) is 7.05 Å². The molecule has 1 rings (SSSR count). The molecule has 1 aromatic rings. The van der Waals surface area contributed by atoms with Crippen molar-refractivity contribution in [2.24, 2.45) is 0 Å². The van der Waals surface area contributed by atoms with E-state index < -0.39 is 5.97 Å². The van der Waals surface area contributed by atoms with Crippen LogP contribution in [0.2, 0.25) is 0 Å². The molecule has 1 amide bonds. The average molecular weight is 267 g/mol. The third-order valence-corrected chi connectivity index (χ3v) is 3.48. The molecule has 0 saturated carbocycles. The maximum atomic E-state index is 11.9. The van der Waals surface area contributed by atoms with Gasteiger partial charge in [0.1, 0.15) is 5.75 Å². The van der Waals surface area contributed by atoms with Crippen LogP contribution in [-0.4, -0.2) is 29.1 Å². The summed E-state index contributed by atoms with van der Waals surface area (Å²) in [6.45, 7) is 5.90. The number of aryl methyl sites for hydroxylation is 3. The Labute approximate surface area is 111 Å². The van der Waals surface area contributed by atoms with E-state index in [0.29, 0.717) is 0 Å². The first-order valence-electron chi connectivity index (χ1n) is 5.53. The number of carboxylic acids is 1. The molecule has 0 aromatic heterocycles. The lowest BCUT2D eigenvalue weighted by atomic mass is 10.0. The third-order valence-electron chi connectivity index (χ3n) is 2.56. The first-order chi connectivity index (χ1) is 8.32.